The second-order valence-corrected chi connectivity index (χ2v) is 5.02. The number of hydrogen-bond donors (Lipinski definition) is 1. The van der Waals surface area contributed by atoms with Crippen molar-refractivity contribution in [3.63, 3.8) is 0 Å². The number of carbonyl (C=O) groups is 1. The van der Waals surface area contributed by atoms with E-state index < -0.39 is 0 Å². The van der Waals surface area contributed by atoms with Gasteiger partial charge in [-0.05, 0) is 34.5 Å². The van der Waals surface area contributed by atoms with E-state index in [0.29, 0.717) is 6.42 Å². The van der Waals surface area contributed by atoms with Gasteiger partial charge in [0.2, 0.25) is 5.91 Å². The minimum atomic E-state index is 0.158. The van der Waals surface area contributed by atoms with E-state index in [-0.39, 0.29) is 5.91 Å². The van der Waals surface area contributed by atoms with E-state index in [1.54, 1.807) is 26.1 Å². The van der Waals surface area contributed by atoms with Gasteiger partial charge >= 0.3 is 0 Å². The molecule has 18 heavy (non-hydrogen) atoms. The molecule has 0 spiro atoms. The Morgan fingerprint density at radius 2 is 2.17 bits per heavy atom. The fourth-order valence-corrected chi connectivity index (χ4v) is 1.87. The number of hydrogen-bond acceptors (Lipinski definition) is 3. The second-order valence-electron chi connectivity index (χ2n) is 4.17. The van der Waals surface area contributed by atoms with Gasteiger partial charge in [-0.1, -0.05) is 0 Å². The van der Waals surface area contributed by atoms with Crippen LogP contribution in [0.5, 0.6) is 5.75 Å². The maximum absolute atomic E-state index is 11.4. The molecule has 0 aliphatic carbocycles. The zero-order chi connectivity index (χ0) is 13.5. The highest BCUT2D eigenvalue weighted by atomic mass is 79.9. The van der Waals surface area contributed by atoms with Gasteiger partial charge in [0.1, 0.15) is 5.75 Å². The first-order valence-corrected chi connectivity index (χ1v) is 6.61. The molecule has 1 rings (SSSR count). The number of amides is 1. The Morgan fingerprint density at radius 1 is 1.44 bits per heavy atom. The minimum Gasteiger partial charge on any atom is -0.495 e. The van der Waals surface area contributed by atoms with Crippen molar-refractivity contribution in [2.45, 2.75) is 12.8 Å². The summed E-state index contributed by atoms with van der Waals surface area (Å²) in [5.74, 6) is 0.953. The Morgan fingerprint density at radius 3 is 2.78 bits per heavy atom. The molecule has 100 valence electrons. The van der Waals surface area contributed by atoms with Crippen molar-refractivity contribution in [1.82, 2.24) is 4.90 Å². The largest absolute Gasteiger partial charge is 0.495 e. The third-order valence-corrected chi connectivity index (χ3v) is 3.20. The Hall–Kier alpha value is -1.23. The number of nitrogens with one attached hydrogen (secondary N) is 1. The SMILES string of the molecule is COc1cc(NCCCC(=O)N(C)C)ccc1Br. The van der Waals surface area contributed by atoms with E-state index in [0.717, 1.165) is 28.9 Å². The molecule has 1 N–H and O–H groups in total. The van der Waals surface area contributed by atoms with Crippen LogP contribution in [-0.4, -0.2) is 38.6 Å². The van der Waals surface area contributed by atoms with E-state index in [1.165, 1.54) is 0 Å². The van der Waals surface area contributed by atoms with Gasteiger partial charge in [-0.3, -0.25) is 4.79 Å². The van der Waals surface area contributed by atoms with Crippen molar-refractivity contribution in [2.75, 3.05) is 33.1 Å². The predicted octanol–water partition coefficient (Wildman–Crippen LogP) is 2.74. The van der Waals surface area contributed by atoms with Crippen LogP contribution in [0.15, 0.2) is 22.7 Å². The van der Waals surface area contributed by atoms with Gasteiger partial charge in [0.25, 0.3) is 0 Å². The van der Waals surface area contributed by atoms with Crippen molar-refractivity contribution in [1.29, 1.82) is 0 Å². The molecule has 0 aliphatic heterocycles. The van der Waals surface area contributed by atoms with Crippen LogP contribution in [0, 0.1) is 0 Å². The third kappa shape index (κ3) is 4.56. The summed E-state index contributed by atoms with van der Waals surface area (Å²) in [6, 6.07) is 5.84. The number of carbonyl (C=O) groups excluding carboxylic acids is 1. The van der Waals surface area contributed by atoms with E-state index >= 15 is 0 Å². The molecule has 0 saturated heterocycles. The van der Waals surface area contributed by atoms with Crippen LogP contribution in [-0.2, 0) is 4.79 Å². The molecule has 1 aromatic rings. The van der Waals surface area contributed by atoms with E-state index in [9.17, 15) is 4.79 Å². The lowest BCUT2D eigenvalue weighted by Gasteiger charge is -2.11. The summed E-state index contributed by atoms with van der Waals surface area (Å²) in [6.07, 6.45) is 1.38. The van der Waals surface area contributed by atoms with Gasteiger partial charge in [0, 0.05) is 38.8 Å². The molecule has 0 heterocycles. The summed E-state index contributed by atoms with van der Waals surface area (Å²) >= 11 is 3.40. The Kier molecular flexibility index (Phi) is 5.98. The molecule has 0 fully saturated rings. The van der Waals surface area contributed by atoms with Crippen molar-refractivity contribution < 1.29 is 9.53 Å². The molecule has 1 aromatic carbocycles. The summed E-state index contributed by atoms with van der Waals surface area (Å²) in [6.45, 7) is 0.768. The molecule has 0 radical (unpaired) electrons. The van der Waals surface area contributed by atoms with Gasteiger partial charge < -0.3 is 15.0 Å². The first-order valence-electron chi connectivity index (χ1n) is 5.82. The lowest BCUT2D eigenvalue weighted by molar-refractivity contribution is -0.128. The van der Waals surface area contributed by atoms with Crippen LogP contribution < -0.4 is 10.1 Å². The first-order chi connectivity index (χ1) is 8.54. The maximum Gasteiger partial charge on any atom is 0.222 e. The summed E-state index contributed by atoms with van der Waals surface area (Å²) in [4.78, 5) is 13.0. The zero-order valence-corrected chi connectivity index (χ0v) is 12.6. The lowest BCUT2D eigenvalue weighted by atomic mass is 10.2. The van der Waals surface area contributed by atoms with Crippen molar-refractivity contribution in [3.8, 4) is 5.75 Å². The Bertz CT molecular complexity index is 408. The molecule has 0 unspecified atom stereocenters. The molecule has 0 aromatic heterocycles. The van der Waals surface area contributed by atoms with Crippen molar-refractivity contribution in [2.24, 2.45) is 0 Å². The van der Waals surface area contributed by atoms with E-state index in [2.05, 4.69) is 21.2 Å². The Balaban J connectivity index is 2.38. The number of halogens is 1. The number of rotatable bonds is 6. The van der Waals surface area contributed by atoms with E-state index in [4.69, 9.17) is 4.74 Å². The van der Waals surface area contributed by atoms with Gasteiger partial charge in [0.05, 0.1) is 11.6 Å². The van der Waals surface area contributed by atoms with Crippen molar-refractivity contribution in [3.05, 3.63) is 22.7 Å². The zero-order valence-electron chi connectivity index (χ0n) is 11.0. The number of nitrogens with zero attached hydrogens (tertiary/aromatic N) is 1. The summed E-state index contributed by atoms with van der Waals surface area (Å²) < 4.78 is 6.14. The highest BCUT2D eigenvalue weighted by Gasteiger charge is 2.04. The van der Waals surface area contributed by atoms with Crippen LogP contribution in [0.3, 0.4) is 0 Å². The maximum atomic E-state index is 11.4. The second kappa shape index (κ2) is 7.26. The summed E-state index contributed by atoms with van der Waals surface area (Å²) in [5.41, 5.74) is 0.993. The lowest BCUT2D eigenvalue weighted by Crippen LogP contribution is -2.22. The van der Waals surface area contributed by atoms with Gasteiger partial charge in [-0.2, -0.15) is 0 Å². The van der Waals surface area contributed by atoms with Crippen LogP contribution in [0.4, 0.5) is 5.69 Å². The molecule has 0 bridgehead atoms. The highest BCUT2D eigenvalue weighted by Crippen LogP contribution is 2.27. The fourth-order valence-electron chi connectivity index (χ4n) is 1.47. The first kappa shape index (κ1) is 14.8. The molecule has 1 amide bonds. The number of benzene rings is 1. The summed E-state index contributed by atoms with van der Waals surface area (Å²) in [5, 5.41) is 3.27. The molecule has 4 nitrogen and oxygen atoms in total. The average Bonchev–Trinajstić information content (AvgIpc) is 2.35. The predicted molar refractivity (Wildman–Crippen MR) is 77.1 cm³/mol. The summed E-state index contributed by atoms with van der Waals surface area (Å²) in [7, 11) is 5.18. The van der Waals surface area contributed by atoms with Gasteiger partial charge in [-0.25, -0.2) is 0 Å². The highest BCUT2D eigenvalue weighted by molar-refractivity contribution is 9.10. The van der Waals surface area contributed by atoms with Gasteiger partial charge in [0.15, 0.2) is 0 Å². The molecule has 0 aliphatic rings. The molecule has 0 saturated carbocycles. The average molecular weight is 315 g/mol. The fraction of sp³-hybridized carbons (Fsp3) is 0.462. The van der Waals surface area contributed by atoms with Crippen LogP contribution >= 0.6 is 15.9 Å². The number of ether oxygens (including phenoxy) is 1. The quantitative estimate of drug-likeness (QED) is 0.821. The Labute approximate surface area is 116 Å². The smallest absolute Gasteiger partial charge is 0.222 e. The van der Waals surface area contributed by atoms with Crippen LogP contribution in [0.25, 0.3) is 0 Å². The molecule has 0 atom stereocenters. The topological polar surface area (TPSA) is 41.6 Å². The number of anilines is 1. The molecular weight excluding hydrogens is 296 g/mol. The van der Waals surface area contributed by atoms with E-state index in [1.807, 2.05) is 18.2 Å². The van der Waals surface area contributed by atoms with Crippen LogP contribution in [0.1, 0.15) is 12.8 Å². The van der Waals surface area contributed by atoms with Gasteiger partial charge in [-0.15, -0.1) is 0 Å². The normalized spacial score (nSPS) is 10.0. The molecular formula is C13H19BrN2O2. The molecule has 5 heteroatoms. The van der Waals surface area contributed by atoms with Crippen LogP contribution in [0.2, 0.25) is 0 Å². The standard InChI is InChI=1S/C13H19BrN2O2/c1-16(2)13(17)5-4-8-15-10-6-7-11(14)12(9-10)18-3/h6-7,9,15H,4-5,8H2,1-3H3. The van der Waals surface area contributed by atoms with Crippen molar-refractivity contribution >= 4 is 27.5 Å². The number of methoxy groups -OCH3 is 1. The minimum absolute atomic E-state index is 0.158. The monoisotopic (exact) mass is 314 g/mol. The third-order valence-electron chi connectivity index (χ3n) is 2.55.